The molecule has 0 unspecified atom stereocenters. The summed E-state index contributed by atoms with van der Waals surface area (Å²) in [5.41, 5.74) is 0. The first-order valence-corrected chi connectivity index (χ1v) is 5.44. The van der Waals surface area contributed by atoms with Crippen LogP contribution in [0.15, 0.2) is 24.3 Å². The SMILES string of the molecule is O=C(OF)c1cc2c(F)cccc2[se]1. The maximum atomic E-state index is 13.2. The fraction of sp³-hybridized carbons (Fsp3) is 0. The zero-order chi connectivity index (χ0) is 10.1. The van der Waals surface area contributed by atoms with Crippen LogP contribution in [0.2, 0.25) is 0 Å². The molecule has 0 aliphatic carbocycles. The number of rotatable bonds is 1. The molecule has 0 aliphatic heterocycles. The molecule has 0 N–H and O–H groups in total. The van der Waals surface area contributed by atoms with Gasteiger partial charge in [-0.1, -0.05) is 0 Å². The minimum absolute atomic E-state index is 0.195. The number of hydrogen-bond acceptors (Lipinski definition) is 2. The Balaban J connectivity index is 2.62. The van der Waals surface area contributed by atoms with Crippen LogP contribution >= 0.6 is 0 Å². The Morgan fingerprint density at radius 1 is 1.43 bits per heavy atom. The van der Waals surface area contributed by atoms with E-state index in [1.54, 1.807) is 12.1 Å². The van der Waals surface area contributed by atoms with Gasteiger partial charge in [-0.2, -0.15) is 0 Å². The molecule has 0 fully saturated rings. The van der Waals surface area contributed by atoms with E-state index in [0.717, 1.165) is 4.26 Å². The van der Waals surface area contributed by atoms with Crippen molar-refractivity contribution in [2.24, 2.45) is 0 Å². The molecule has 0 aliphatic rings. The van der Waals surface area contributed by atoms with Crippen molar-refractivity contribution in [2.75, 3.05) is 0 Å². The van der Waals surface area contributed by atoms with Gasteiger partial charge in [-0.05, 0) is 0 Å². The fourth-order valence-corrected chi connectivity index (χ4v) is 3.14. The molecule has 0 spiro atoms. The van der Waals surface area contributed by atoms with E-state index in [1.807, 2.05) is 0 Å². The molecule has 0 saturated heterocycles. The average Bonchev–Trinajstić information content (AvgIpc) is 2.62. The van der Waals surface area contributed by atoms with Gasteiger partial charge in [0, 0.05) is 0 Å². The van der Waals surface area contributed by atoms with Gasteiger partial charge in [0.05, 0.1) is 0 Å². The molecule has 0 radical (unpaired) electrons. The van der Waals surface area contributed by atoms with Gasteiger partial charge in [-0.3, -0.25) is 0 Å². The predicted octanol–water partition coefficient (Wildman–Crippen LogP) is 2.08. The van der Waals surface area contributed by atoms with Crippen LogP contribution in [0.3, 0.4) is 0 Å². The van der Waals surface area contributed by atoms with Crippen LogP contribution in [0.5, 0.6) is 0 Å². The summed E-state index contributed by atoms with van der Waals surface area (Å²) >= 11 is -0.361. The Bertz CT molecular complexity index is 493. The van der Waals surface area contributed by atoms with Crippen LogP contribution in [-0.2, 0) is 4.94 Å². The minimum atomic E-state index is -1.03. The summed E-state index contributed by atoms with van der Waals surface area (Å²) in [5.74, 6) is -1.42. The Morgan fingerprint density at radius 3 is 2.86 bits per heavy atom. The van der Waals surface area contributed by atoms with E-state index in [0.29, 0.717) is 5.39 Å². The third kappa shape index (κ3) is 1.45. The van der Waals surface area contributed by atoms with Gasteiger partial charge >= 0.3 is 83.3 Å². The molecular formula is C9H4F2O2Se. The Morgan fingerprint density at radius 2 is 2.21 bits per heavy atom. The first-order valence-electron chi connectivity index (χ1n) is 3.73. The topological polar surface area (TPSA) is 26.3 Å². The van der Waals surface area contributed by atoms with Crippen LogP contribution in [0.25, 0.3) is 9.65 Å². The van der Waals surface area contributed by atoms with E-state index in [2.05, 4.69) is 4.94 Å². The van der Waals surface area contributed by atoms with Crippen molar-refractivity contribution < 1.29 is 18.7 Å². The summed E-state index contributed by atoms with van der Waals surface area (Å²) in [5, 5.41) is 0.368. The van der Waals surface area contributed by atoms with Crippen LogP contribution in [-0.4, -0.2) is 20.5 Å². The van der Waals surface area contributed by atoms with E-state index in [-0.39, 0.29) is 18.9 Å². The van der Waals surface area contributed by atoms with Gasteiger partial charge in [0.25, 0.3) is 0 Å². The second-order valence-electron chi connectivity index (χ2n) is 2.63. The van der Waals surface area contributed by atoms with Crippen molar-refractivity contribution in [1.29, 1.82) is 0 Å². The average molecular weight is 261 g/mol. The Labute approximate surface area is 83.7 Å². The fourth-order valence-electron chi connectivity index (χ4n) is 1.16. The summed E-state index contributed by atoms with van der Waals surface area (Å²) in [7, 11) is 0. The molecule has 1 aromatic carbocycles. The molecule has 72 valence electrons. The summed E-state index contributed by atoms with van der Waals surface area (Å²) in [4.78, 5) is 13.9. The summed E-state index contributed by atoms with van der Waals surface area (Å²) in [6, 6.07) is 5.92. The summed E-state index contributed by atoms with van der Waals surface area (Å²) in [6.07, 6.45) is 0. The molecule has 0 bridgehead atoms. The van der Waals surface area contributed by atoms with E-state index in [4.69, 9.17) is 0 Å². The van der Waals surface area contributed by atoms with Crippen LogP contribution in [0.4, 0.5) is 8.92 Å². The third-order valence-electron chi connectivity index (χ3n) is 1.78. The molecule has 2 nitrogen and oxygen atoms in total. The molecule has 1 aromatic heterocycles. The number of carbonyl (C=O) groups excluding carboxylic acids is 1. The molecule has 5 heteroatoms. The molecule has 1 heterocycles. The standard InChI is InChI=1S/C9H4F2O2Se/c10-6-2-1-3-7-5(6)4-8(14-7)9(12)13-11/h1-4H. The van der Waals surface area contributed by atoms with E-state index < -0.39 is 11.8 Å². The first kappa shape index (κ1) is 9.37. The predicted molar refractivity (Wildman–Crippen MR) is 47.4 cm³/mol. The monoisotopic (exact) mass is 262 g/mol. The van der Waals surface area contributed by atoms with E-state index in [1.165, 1.54) is 12.1 Å². The molecule has 0 atom stereocenters. The van der Waals surface area contributed by atoms with E-state index in [9.17, 15) is 13.7 Å². The van der Waals surface area contributed by atoms with Crippen LogP contribution < -0.4 is 0 Å². The molecule has 2 aromatic rings. The second kappa shape index (κ2) is 3.52. The molecule has 0 saturated carbocycles. The second-order valence-corrected chi connectivity index (χ2v) is 4.90. The summed E-state index contributed by atoms with van der Waals surface area (Å²) in [6.45, 7) is 0. The van der Waals surface area contributed by atoms with Gasteiger partial charge in [0.1, 0.15) is 0 Å². The molecular weight excluding hydrogens is 257 g/mol. The van der Waals surface area contributed by atoms with Gasteiger partial charge in [-0.15, -0.1) is 0 Å². The van der Waals surface area contributed by atoms with Crippen molar-refractivity contribution in [1.82, 2.24) is 0 Å². The number of hydrogen-bond donors (Lipinski definition) is 0. The van der Waals surface area contributed by atoms with Crippen molar-refractivity contribution in [3.8, 4) is 0 Å². The van der Waals surface area contributed by atoms with Gasteiger partial charge in [0.2, 0.25) is 0 Å². The zero-order valence-electron chi connectivity index (χ0n) is 6.79. The molecule has 0 amide bonds. The number of benzene rings is 1. The Hall–Kier alpha value is -1.19. The van der Waals surface area contributed by atoms with Gasteiger partial charge in [-0.25, -0.2) is 0 Å². The van der Waals surface area contributed by atoms with Crippen molar-refractivity contribution >= 4 is 30.1 Å². The summed E-state index contributed by atoms with van der Waals surface area (Å²) < 4.78 is 25.7. The third-order valence-corrected chi connectivity index (χ3v) is 4.05. The zero-order valence-corrected chi connectivity index (χ0v) is 8.50. The molecule has 14 heavy (non-hydrogen) atoms. The maximum absolute atomic E-state index is 13.2. The van der Waals surface area contributed by atoms with Crippen LogP contribution in [0.1, 0.15) is 9.23 Å². The molecule has 2 rings (SSSR count). The van der Waals surface area contributed by atoms with Gasteiger partial charge < -0.3 is 0 Å². The quantitative estimate of drug-likeness (QED) is 0.734. The number of fused-ring (bicyclic) bond motifs is 1. The number of carbonyl (C=O) groups is 1. The van der Waals surface area contributed by atoms with Crippen molar-refractivity contribution in [3.05, 3.63) is 34.5 Å². The van der Waals surface area contributed by atoms with Gasteiger partial charge in [0.15, 0.2) is 0 Å². The number of halogens is 2. The first-order chi connectivity index (χ1) is 6.72. The normalized spacial score (nSPS) is 10.4. The van der Waals surface area contributed by atoms with Crippen LogP contribution in [0, 0.1) is 5.82 Å². The van der Waals surface area contributed by atoms with E-state index >= 15 is 0 Å². The Kier molecular flexibility index (Phi) is 2.35. The van der Waals surface area contributed by atoms with Crippen molar-refractivity contribution in [3.63, 3.8) is 0 Å². The van der Waals surface area contributed by atoms with Crippen molar-refractivity contribution in [2.45, 2.75) is 0 Å².